The van der Waals surface area contributed by atoms with Crippen molar-refractivity contribution >= 4 is 28.6 Å². The second-order valence-corrected chi connectivity index (χ2v) is 8.68. The van der Waals surface area contributed by atoms with Crippen LogP contribution < -0.4 is 15.6 Å². The highest BCUT2D eigenvalue weighted by Gasteiger charge is 2.39. The summed E-state index contributed by atoms with van der Waals surface area (Å²) >= 11 is 0. The molecule has 0 aliphatic carbocycles. The van der Waals surface area contributed by atoms with E-state index >= 15 is 0 Å². The monoisotopic (exact) mass is 482 g/mol. The first kappa shape index (κ1) is 23.2. The molecule has 1 aromatic heterocycles. The molecule has 0 unspecified atom stereocenters. The smallest absolute Gasteiger partial charge is 0.269 e. The molecular formula is C28H26N4O4. The number of nitrogens with one attached hydrogen (secondary N) is 3. The van der Waals surface area contributed by atoms with Gasteiger partial charge in [-0.15, -0.1) is 0 Å². The van der Waals surface area contributed by atoms with Crippen LogP contribution in [0.3, 0.4) is 0 Å². The van der Waals surface area contributed by atoms with E-state index in [2.05, 4.69) is 15.8 Å². The van der Waals surface area contributed by atoms with E-state index in [1.54, 1.807) is 36.3 Å². The molecule has 8 heteroatoms. The van der Waals surface area contributed by atoms with Crippen LogP contribution >= 0.6 is 0 Å². The Balaban J connectivity index is 1.32. The number of amides is 3. The molecule has 3 aromatic carbocycles. The largest absolute Gasteiger partial charge is 0.497 e. The maximum absolute atomic E-state index is 13.4. The van der Waals surface area contributed by atoms with Gasteiger partial charge in [0.05, 0.1) is 13.2 Å². The lowest BCUT2D eigenvalue weighted by molar-refractivity contribution is -0.122. The van der Waals surface area contributed by atoms with Gasteiger partial charge in [-0.25, -0.2) is 0 Å². The fraction of sp³-hybridized carbons (Fsp3) is 0.179. The van der Waals surface area contributed by atoms with E-state index in [1.165, 1.54) is 0 Å². The number of nitrogens with zero attached hydrogens (tertiary/aromatic N) is 1. The second-order valence-electron chi connectivity index (χ2n) is 8.68. The third kappa shape index (κ3) is 4.17. The molecule has 1 aliphatic rings. The Morgan fingerprint density at radius 1 is 0.972 bits per heavy atom. The number of benzene rings is 3. The predicted molar refractivity (Wildman–Crippen MR) is 136 cm³/mol. The van der Waals surface area contributed by atoms with Crippen molar-refractivity contribution in [1.82, 2.24) is 20.7 Å². The second kappa shape index (κ2) is 9.58. The number of methoxy groups -OCH3 is 1. The summed E-state index contributed by atoms with van der Waals surface area (Å²) < 4.78 is 5.09. The van der Waals surface area contributed by atoms with E-state index in [-0.39, 0.29) is 24.9 Å². The molecule has 0 radical (unpaired) electrons. The van der Waals surface area contributed by atoms with Crippen LogP contribution in [0, 0.1) is 6.92 Å². The number of carbonyl (C=O) groups is 3. The molecule has 0 fully saturated rings. The third-order valence-corrected chi connectivity index (χ3v) is 6.52. The van der Waals surface area contributed by atoms with Crippen LogP contribution in [0.25, 0.3) is 10.9 Å². The highest BCUT2D eigenvalue weighted by Crippen LogP contribution is 2.42. The quantitative estimate of drug-likeness (QED) is 0.363. The summed E-state index contributed by atoms with van der Waals surface area (Å²) in [5.41, 5.74) is 9.82. The SMILES string of the molecule is COc1ccc(C(=O)NNC(=O)CCN2C(=O)c3ccccc3[C@@H]2c2c(C)[nH]c3ccccc23)cc1. The molecule has 5 rings (SSSR count). The van der Waals surface area contributed by atoms with Crippen molar-refractivity contribution in [3.05, 3.63) is 101 Å². The minimum absolute atomic E-state index is 0.0283. The van der Waals surface area contributed by atoms with Crippen LogP contribution in [0.1, 0.15) is 50.0 Å². The molecular weight excluding hydrogens is 456 g/mol. The Morgan fingerprint density at radius 2 is 1.69 bits per heavy atom. The lowest BCUT2D eigenvalue weighted by Crippen LogP contribution is -2.43. The topological polar surface area (TPSA) is 104 Å². The van der Waals surface area contributed by atoms with Gasteiger partial charge in [-0.3, -0.25) is 25.2 Å². The zero-order chi connectivity index (χ0) is 25.2. The van der Waals surface area contributed by atoms with Gasteiger partial charge in [-0.05, 0) is 48.9 Å². The highest BCUT2D eigenvalue weighted by molar-refractivity contribution is 6.01. The zero-order valence-corrected chi connectivity index (χ0v) is 20.0. The number of aromatic nitrogens is 1. The normalized spacial score (nSPS) is 14.6. The summed E-state index contributed by atoms with van der Waals surface area (Å²) in [6, 6.07) is 21.8. The van der Waals surface area contributed by atoms with E-state index in [9.17, 15) is 14.4 Å². The zero-order valence-electron chi connectivity index (χ0n) is 20.0. The summed E-state index contributed by atoms with van der Waals surface area (Å²) in [7, 11) is 1.54. The maximum Gasteiger partial charge on any atom is 0.269 e. The van der Waals surface area contributed by atoms with Gasteiger partial charge in [0.1, 0.15) is 5.75 Å². The van der Waals surface area contributed by atoms with Crippen molar-refractivity contribution in [3.63, 3.8) is 0 Å². The molecule has 36 heavy (non-hydrogen) atoms. The molecule has 8 nitrogen and oxygen atoms in total. The lowest BCUT2D eigenvalue weighted by Gasteiger charge is -2.26. The first-order valence-electron chi connectivity index (χ1n) is 11.7. The number of aryl methyl sites for hydroxylation is 1. The van der Waals surface area contributed by atoms with Crippen LogP contribution in [0.2, 0.25) is 0 Å². The van der Waals surface area contributed by atoms with Crippen LogP contribution in [0.15, 0.2) is 72.8 Å². The number of fused-ring (bicyclic) bond motifs is 2. The lowest BCUT2D eigenvalue weighted by atomic mass is 9.95. The molecule has 0 saturated heterocycles. The summed E-state index contributed by atoms with van der Waals surface area (Å²) in [5.74, 6) is -0.319. The Kier molecular flexibility index (Phi) is 6.16. The molecule has 1 aliphatic heterocycles. The average molecular weight is 483 g/mol. The first-order chi connectivity index (χ1) is 17.5. The number of ether oxygens (including phenoxy) is 1. The van der Waals surface area contributed by atoms with Gasteiger partial charge >= 0.3 is 0 Å². The van der Waals surface area contributed by atoms with E-state index in [1.807, 2.05) is 55.5 Å². The Morgan fingerprint density at radius 3 is 2.47 bits per heavy atom. The molecule has 3 amide bonds. The van der Waals surface area contributed by atoms with Gasteiger partial charge in [0.15, 0.2) is 0 Å². The van der Waals surface area contributed by atoms with Gasteiger partial charge < -0.3 is 14.6 Å². The van der Waals surface area contributed by atoms with Crippen LogP contribution in [-0.2, 0) is 4.79 Å². The fourth-order valence-corrected chi connectivity index (χ4v) is 4.79. The standard InChI is InChI=1S/C28H26N4O4/c1-17-25(22-9-5-6-10-23(22)29-17)26-20-7-3-4-8-21(20)28(35)32(26)16-15-24(33)30-31-27(34)18-11-13-19(36-2)14-12-18/h3-14,26,29H,15-16H2,1-2H3,(H,30,33)(H,31,34)/t26-/m1/s1. The molecule has 182 valence electrons. The van der Waals surface area contributed by atoms with Crippen LogP contribution in [0.4, 0.5) is 0 Å². The minimum Gasteiger partial charge on any atom is -0.497 e. The van der Waals surface area contributed by atoms with Gasteiger partial charge in [-0.1, -0.05) is 36.4 Å². The predicted octanol–water partition coefficient (Wildman–Crippen LogP) is 3.88. The molecule has 1 atom stereocenters. The summed E-state index contributed by atoms with van der Waals surface area (Å²) in [6.07, 6.45) is 0.0283. The Hall–Kier alpha value is -4.59. The third-order valence-electron chi connectivity index (χ3n) is 6.52. The number of aromatic amines is 1. The molecule has 0 spiro atoms. The maximum atomic E-state index is 13.4. The van der Waals surface area contributed by atoms with E-state index in [0.29, 0.717) is 16.9 Å². The van der Waals surface area contributed by atoms with Gasteiger partial charge in [0.25, 0.3) is 11.8 Å². The molecule has 0 saturated carbocycles. The van der Waals surface area contributed by atoms with Crippen molar-refractivity contribution in [2.75, 3.05) is 13.7 Å². The average Bonchev–Trinajstić information content (AvgIpc) is 3.38. The number of hydrogen-bond acceptors (Lipinski definition) is 4. The minimum atomic E-state index is -0.442. The van der Waals surface area contributed by atoms with Gasteiger partial charge in [0, 0.05) is 46.3 Å². The van der Waals surface area contributed by atoms with E-state index in [4.69, 9.17) is 4.74 Å². The first-order valence-corrected chi connectivity index (χ1v) is 11.7. The fourth-order valence-electron chi connectivity index (χ4n) is 4.79. The van der Waals surface area contributed by atoms with Crippen molar-refractivity contribution in [2.45, 2.75) is 19.4 Å². The summed E-state index contributed by atoms with van der Waals surface area (Å²) in [5, 5.41) is 1.05. The summed E-state index contributed by atoms with van der Waals surface area (Å²) in [4.78, 5) is 43.5. The highest BCUT2D eigenvalue weighted by atomic mass is 16.5. The molecule has 0 bridgehead atoms. The van der Waals surface area contributed by atoms with E-state index < -0.39 is 11.8 Å². The van der Waals surface area contributed by atoms with Gasteiger partial charge in [0.2, 0.25) is 5.91 Å². The van der Waals surface area contributed by atoms with Crippen molar-refractivity contribution in [1.29, 1.82) is 0 Å². The van der Waals surface area contributed by atoms with Crippen molar-refractivity contribution in [2.24, 2.45) is 0 Å². The number of hydrogen-bond donors (Lipinski definition) is 3. The van der Waals surface area contributed by atoms with E-state index in [0.717, 1.165) is 27.7 Å². The van der Waals surface area contributed by atoms with Crippen LogP contribution in [0.5, 0.6) is 5.75 Å². The Bertz CT molecular complexity index is 1460. The number of carbonyl (C=O) groups excluding carboxylic acids is 3. The molecule has 2 heterocycles. The number of para-hydroxylation sites is 1. The molecule has 4 aromatic rings. The number of H-pyrrole nitrogens is 1. The van der Waals surface area contributed by atoms with Crippen molar-refractivity contribution in [3.8, 4) is 5.75 Å². The summed E-state index contributed by atoms with van der Waals surface area (Å²) in [6.45, 7) is 2.20. The molecule has 3 N–H and O–H groups in total. The van der Waals surface area contributed by atoms with Crippen LogP contribution in [-0.4, -0.2) is 41.3 Å². The number of hydrazine groups is 1. The van der Waals surface area contributed by atoms with Gasteiger partial charge in [-0.2, -0.15) is 0 Å². The number of rotatable bonds is 6. The van der Waals surface area contributed by atoms with Crippen molar-refractivity contribution < 1.29 is 19.1 Å². The Labute approximate surface area is 208 Å².